The number of nitrogen functional groups attached to an aromatic ring is 1. The van der Waals surface area contributed by atoms with Crippen LogP contribution in [0, 0.1) is 5.92 Å². The van der Waals surface area contributed by atoms with Gasteiger partial charge in [0, 0.05) is 28.3 Å². The van der Waals surface area contributed by atoms with Crippen molar-refractivity contribution >= 4 is 33.2 Å². The van der Waals surface area contributed by atoms with E-state index >= 15 is 0 Å². The number of carbonyl (C=O) groups is 1. The van der Waals surface area contributed by atoms with E-state index < -0.39 is 0 Å². The Bertz CT molecular complexity index is 711. The van der Waals surface area contributed by atoms with Crippen molar-refractivity contribution in [2.45, 2.75) is 19.4 Å². The van der Waals surface area contributed by atoms with Crippen LogP contribution in [-0.2, 0) is 11.3 Å². The molecule has 1 saturated heterocycles. The minimum absolute atomic E-state index is 0.0843. The molecule has 0 spiro atoms. The maximum absolute atomic E-state index is 12.4. The van der Waals surface area contributed by atoms with Crippen molar-refractivity contribution in [1.29, 1.82) is 0 Å². The number of rotatable bonds is 4. The van der Waals surface area contributed by atoms with Gasteiger partial charge in [-0.15, -0.1) is 0 Å². The summed E-state index contributed by atoms with van der Waals surface area (Å²) in [5, 5.41) is 3.02. The SMILES string of the molecule is Nc1cccc(CN2CCC(C(=O)Nc3cccc(Br)c3)CC2)c1. The van der Waals surface area contributed by atoms with Crippen molar-refractivity contribution < 1.29 is 4.79 Å². The summed E-state index contributed by atoms with van der Waals surface area (Å²) in [6, 6.07) is 15.7. The predicted molar refractivity (Wildman–Crippen MR) is 102 cm³/mol. The Labute approximate surface area is 151 Å². The number of amides is 1. The first kappa shape index (κ1) is 17.0. The predicted octanol–water partition coefficient (Wildman–Crippen LogP) is 3.88. The van der Waals surface area contributed by atoms with E-state index in [1.165, 1.54) is 5.56 Å². The molecular weight excluding hydrogens is 366 g/mol. The fourth-order valence-corrected chi connectivity index (χ4v) is 3.51. The number of nitrogens with zero attached hydrogens (tertiary/aromatic N) is 1. The molecule has 0 saturated carbocycles. The third kappa shape index (κ3) is 4.58. The Hall–Kier alpha value is -1.85. The van der Waals surface area contributed by atoms with Crippen LogP contribution < -0.4 is 11.1 Å². The number of halogens is 1. The first-order chi connectivity index (χ1) is 11.6. The number of benzene rings is 2. The van der Waals surface area contributed by atoms with Gasteiger partial charge < -0.3 is 11.1 Å². The molecule has 24 heavy (non-hydrogen) atoms. The molecule has 0 atom stereocenters. The monoisotopic (exact) mass is 387 g/mol. The highest BCUT2D eigenvalue weighted by atomic mass is 79.9. The lowest BCUT2D eigenvalue weighted by atomic mass is 9.95. The van der Waals surface area contributed by atoms with Gasteiger partial charge in [-0.25, -0.2) is 0 Å². The first-order valence-corrected chi connectivity index (χ1v) is 9.02. The van der Waals surface area contributed by atoms with E-state index in [2.05, 4.69) is 32.2 Å². The van der Waals surface area contributed by atoms with E-state index in [-0.39, 0.29) is 11.8 Å². The van der Waals surface area contributed by atoms with E-state index in [0.717, 1.165) is 48.3 Å². The van der Waals surface area contributed by atoms with Crippen LogP contribution in [0.5, 0.6) is 0 Å². The zero-order chi connectivity index (χ0) is 16.9. The molecule has 1 fully saturated rings. The van der Waals surface area contributed by atoms with E-state index in [9.17, 15) is 4.79 Å². The van der Waals surface area contributed by atoms with Crippen molar-refractivity contribution in [3.05, 3.63) is 58.6 Å². The van der Waals surface area contributed by atoms with E-state index in [1.54, 1.807) is 0 Å². The van der Waals surface area contributed by atoms with Crippen molar-refractivity contribution in [3.8, 4) is 0 Å². The fourth-order valence-electron chi connectivity index (χ4n) is 3.11. The molecule has 0 bridgehead atoms. The zero-order valence-electron chi connectivity index (χ0n) is 13.5. The summed E-state index contributed by atoms with van der Waals surface area (Å²) in [6.45, 7) is 2.77. The van der Waals surface area contributed by atoms with Crippen molar-refractivity contribution in [3.63, 3.8) is 0 Å². The lowest BCUT2D eigenvalue weighted by Crippen LogP contribution is -2.37. The van der Waals surface area contributed by atoms with Crippen LogP contribution in [0.25, 0.3) is 0 Å². The molecule has 126 valence electrons. The normalized spacial score (nSPS) is 16.0. The zero-order valence-corrected chi connectivity index (χ0v) is 15.1. The van der Waals surface area contributed by atoms with Gasteiger partial charge in [-0.05, 0) is 61.8 Å². The average molecular weight is 388 g/mol. The molecule has 1 aliphatic rings. The minimum Gasteiger partial charge on any atom is -0.399 e. The molecule has 1 aliphatic heterocycles. The molecule has 4 nitrogen and oxygen atoms in total. The van der Waals surface area contributed by atoms with Gasteiger partial charge in [0.15, 0.2) is 0 Å². The number of piperidine rings is 1. The summed E-state index contributed by atoms with van der Waals surface area (Å²) in [5.41, 5.74) is 8.71. The number of hydrogen-bond donors (Lipinski definition) is 2. The third-order valence-corrected chi connectivity index (χ3v) is 4.90. The van der Waals surface area contributed by atoms with Gasteiger partial charge in [-0.2, -0.15) is 0 Å². The number of likely N-dealkylation sites (tertiary alicyclic amines) is 1. The van der Waals surface area contributed by atoms with Crippen LogP contribution in [0.3, 0.4) is 0 Å². The van der Waals surface area contributed by atoms with E-state index in [0.29, 0.717) is 0 Å². The number of carbonyl (C=O) groups excluding carboxylic acids is 1. The van der Waals surface area contributed by atoms with E-state index in [1.807, 2.05) is 42.5 Å². The van der Waals surface area contributed by atoms with Crippen LogP contribution in [0.4, 0.5) is 11.4 Å². The van der Waals surface area contributed by atoms with Crippen LogP contribution >= 0.6 is 15.9 Å². The highest BCUT2D eigenvalue weighted by Crippen LogP contribution is 2.22. The summed E-state index contributed by atoms with van der Waals surface area (Å²) in [4.78, 5) is 14.8. The average Bonchev–Trinajstić information content (AvgIpc) is 2.55. The Kier molecular flexibility index (Phi) is 5.53. The summed E-state index contributed by atoms with van der Waals surface area (Å²) < 4.78 is 0.970. The van der Waals surface area contributed by atoms with Gasteiger partial charge in [-0.3, -0.25) is 9.69 Å². The Balaban J connectivity index is 1.50. The molecule has 2 aromatic rings. The van der Waals surface area contributed by atoms with Gasteiger partial charge in [0.2, 0.25) is 5.91 Å². The second kappa shape index (κ2) is 7.81. The molecule has 0 unspecified atom stereocenters. The van der Waals surface area contributed by atoms with Crippen LogP contribution in [0.2, 0.25) is 0 Å². The van der Waals surface area contributed by atoms with Gasteiger partial charge in [0.05, 0.1) is 0 Å². The Morgan fingerprint density at radius 2 is 1.92 bits per heavy atom. The van der Waals surface area contributed by atoms with Crippen LogP contribution in [0.15, 0.2) is 53.0 Å². The maximum atomic E-state index is 12.4. The highest BCUT2D eigenvalue weighted by molar-refractivity contribution is 9.10. The topological polar surface area (TPSA) is 58.4 Å². The molecule has 0 aliphatic carbocycles. The molecule has 5 heteroatoms. The summed E-state index contributed by atoms with van der Waals surface area (Å²) in [7, 11) is 0. The molecule has 1 amide bonds. The minimum atomic E-state index is 0.0843. The van der Waals surface area contributed by atoms with Crippen LogP contribution in [0.1, 0.15) is 18.4 Å². The molecule has 2 aromatic carbocycles. The molecule has 3 N–H and O–H groups in total. The number of anilines is 2. The summed E-state index contributed by atoms with van der Waals surface area (Å²) in [6.07, 6.45) is 1.78. The summed E-state index contributed by atoms with van der Waals surface area (Å²) in [5.74, 6) is 0.206. The summed E-state index contributed by atoms with van der Waals surface area (Å²) >= 11 is 3.43. The highest BCUT2D eigenvalue weighted by Gasteiger charge is 2.25. The van der Waals surface area contributed by atoms with E-state index in [4.69, 9.17) is 5.73 Å². The standard InChI is InChI=1S/C19H22BrN3O/c20-16-4-2-6-18(12-16)22-19(24)15-7-9-23(10-8-15)13-14-3-1-5-17(21)11-14/h1-6,11-12,15H,7-10,13,21H2,(H,22,24). The van der Waals surface area contributed by atoms with Gasteiger partial charge in [-0.1, -0.05) is 34.1 Å². The van der Waals surface area contributed by atoms with Gasteiger partial charge >= 0.3 is 0 Å². The van der Waals surface area contributed by atoms with Gasteiger partial charge in [0.25, 0.3) is 0 Å². The molecule has 0 radical (unpaired) electrons. The Morgan fingerprint density at radius 1 is 1.17 bits per heavy atom. The second-order valence-corrected chi connectivity index (χ2v) is 7.21. The quantitative estimate of drug-likeness (QED) is 0.782. The molecule has 3 rings (SSSR count). The first-order valence-electron chi connectivity index (χ1n) is 8.23. The molecule has 1 heterocycles. The lowest BCUT2D eigenvalue weighted by Gasteiger charge is -2.31. The van der Waals surface area contributed by atoms with Crippen molar-refractivity contribution in [2.24, 2.45) is 5.92 Å². The second-order valence-electron chi connectivity index (χ2n) is 6.30. The fraction of sp³-hybridized carbons (Fsp3) is 0.316. The largest absolute Gasteiger partial charge is 0.399 e. The number of nitrogens with two attached hydrogens (primary N) is 1. The van der Waals surface area contributed by atoms with Crippen molar-refractivity contribution in [1.82, 2.24) is 4.90 Å². The van der Waals surface area contributed by atoms with Gasteiger partial charge in [0.1, 0.15) is 0 Å². The van der Waals surface area contributed by atoms with Crippen molar-refractivity contribution in [2.75, 3.05) is 24.1 Å². The smallest absolute Gasteiger partial charge is 0.227 e. The molecular formula is C19H22BrN3O. The lowest BCUT2D eigenvalue weighted by molar-refractivity contribution is -0.121. The molecule has 0 aromatic heterocycles. The number of hydrogen-bond acceptors (Lipinski definition) is 3. The maximum Gasteiger partial charge on any atom is 0.227 e. The third-order valence-electron chi connectivity index (χ3n) is 4.41. The number of nitrogens with one attached hydrogen (secondary N) is 1. The van der Waals surface area contributed by atoms with Crippen LogP contribution in [-0.4, -0.2) is 23.9 Å². The Morgan fingerprint density at radius 3 is 2.62 bits per heavy atom.